The minimum atomic E-state index is -1.89. The van der Waals surface area contributed by atoms with E-state index in [0.29, 0.717) is 12.0 Å². The van der Waals surface area contributed by atoms with Crippen LogP contribution in [0.25, 0.3) is 0 Å². The quantitative estimate of drug-likeness (QED) is 0.466. The van der Waals surface area contributed by atoms with Crippen molar-refractivity contribution in [1.82, 2.24) is 0 Å². The highest BCUT2D eigenvalue weighted by Gasteiger charge is 2.29. The highest BCUT2D eigenvalue weighted by Crippen LogP contribution is 2.18. The summed E-state index contributed by atoms with van der Waals surface area (Å²) in [5.74, 6) is 0.580. The molecule has 15 heavy (non-hydrogen) atoms. The number of hydrogen-bond acceptors (Lipinski definition) is 2. The Hall–Kier alpha value is 0.137. The second kappa shape index (κ2) is 7.42. The first-order valence-electron chi connectivity index (χ1n) is 6.24. The molecule has 0 aromatic heterocycles. The zero-order valence-corrected chi connectivity index (χ0v) is 12.3. The van der Waals surface area contributed by atoms with Gasteiger partial charge < -0.3 is 8.85 Å². The van der Waals surface area contributed by atoms with Crippen LogP contribution in [0.5, 0.6) is 0 Å². The van der Waals surface area contributed by atoms with Crippen LogP contribution in [0.1, 0.15) is 47.0 Å². The lowest BCUT2D eigenvalue weighted by Gasteiger charge is -2.30. The molecule has 0 aliphatic heterocycles. The molecule has 0 N–H and O–H groups in total. The van der Waals surface area contributed by atoms with Crippen molar-refractivity contribution < 1.29 is 8.85 Å². The van der Waals surface area contributed by atoms with Crippen molar-refractivity contribution in [3.63, 3.8) is 0 Å². The third kappa shape index (κ3) is 7.09. The summed E-state index contributed by atoms with van der Waals surface area (Å²) in [5.41, 5.74) is 0. The molecule has 0 fully saturated rings. The fraction of sp³-hybridized carbons (Fsp3) is 1.00. The van der Waals surface area contributed by atoms with Crippen LogP contribution in [0.2, 0.25) is 13.1 Å². The van der Waals surface area contributed by atoms with Crippen molar-refractivity contribution in [1.29, 1.82) is 0 Å². The first-order valence-corrected chi connectivity index (χ1v) is 9.06. The van der Waals surface area contributed by atoms with E-state index in [9.17, 15) is 0 Å². The summed E-state index contributed by atoms with van der Waals surface area (Å²) in [6.07, 6.45) is 3.75. The highest BCUT2D eigenvalue weighted by atomic mass is 28.4. The second-order valence-corrected chi connectivity index (χ2v) is 8.23. The van der Waals surface area contributed by atoms with Crippen LogP contribution in [-0.2, 0) is 8.85 Å². The molecule has 1 unspecified atom stereocenters. The lowest BCUT2D eigenvalue weighted by molar-refractivity contribution is 0.0856. The maximum Gasteiger partial charge on any atom is 0.331 e. The predicted molar refractivity (Wildman–Crippen MR) is 68.3 cm³/mol. The molecular formula is C12H28O2Si. The first-order chi connectivity index (χ1) is 6.93. The van der Waals surface area contributed by atoms with Crippen molar-refractivity contribution in [2.24, 2.45) is 5.92 Å². The van der Waals surface area contributed by atoms with Gasteiger partial charge in [0.15, 0.2) is 0 Å². The fourth-order valence-corrected chi connectivity index (χ4v) is 3.42. The van der Waals surface area contributed by atoms with E-state index >= 15 is 0 Å². The van der Waals surface area contributed by atoms with Gasteiger partial charge in [0.25, 0.3) is 0 Å². The van der Waals surface area contributed by atoms with Gasteiger partial charge in [-0.3, -0.25) is 0 Å². The molecule has 0 saturated heterocycles. The third-order valence-electron chi connectivity index (χ3n) is 2.53. The van der Waals surface area contributed by atoms with Crippen molar-refractivity contribution in [3.05, 3.63) is 0 Å². The molecule has 0 rings (SSSR count). The Morgan fingerprint density at radius 1 is 1.13 bits per heavy atom. The van der Waals surface area contributed by atoms with Crippen LogP contribution in [0.4, 0.5) is 0 Å². The minimum absolute atomic E-state index is 0.355. The van der Waals surface area contributed by atoms with Crippen LogP contribution in [0.3, 0.4) is 0 Å². The van der Waals surface area contributed by atoms with Gasteiger partial charge in [-0.15, -0.1) is 0 Å². The number of hydrogen-bond donors (Lipinski definition) is 0. The largest absolute Gasteiger partial charge is 0.395 e. The van der Waals surface area contributed by atoms with Crippen LogP contribution < -0.4 is 0 Å². The summed E-state index contributed by atoms with van der Waals surface area (Å²) in [6, 6.07) is 0. The fourth-order valence-electron chi connectivity index (χ4n) is 1.55. The zero-order chi connectivity index (χ0) is 11.9. The van der Waals surface area contributed by atoms with E-state index in [1.807, 2.05) is 0 Å². The Morgan fingerprint density at radius 3 is 2.13 bits per heavy atom. The van der Waals surface area contributed by atoms with E-state index in [1.165, 1.54) is 6.42 Å². The Labute approximate surface area is 96.6 Å². The first kappa shape index (κ1) is 15.1. The van der Waals surface area contributed by atoms with E-state index < -0.39 is 8.56 Å². The molecule has 1 atom stereocenters. The zero-order valence-electron chi connectivity index (χ0n) is 11.3. The van der Waals surface area contributed by atoms with Crippen LogP contribution in [-0.4, -0.2) is 21.3 Å². The molecule has 0 radical (unpaired) electrons. The monoisotopic (exact) mass is 232 g/mol. The van der Waals surface area contributed by atoms with Gasteiger partial charge >= 0.3 is 8.56 Å². The van der Waals surface area contributed by atoms with E-state index in [-0.39, 0.29) is 0 Å². The molecule has 0 amide bonds. The van der Waals surface area contributed by atoms with E-state index in [0.717, 1.165) is 19.4 Å². The molecule has 0 aliphatic carbocycles. The van der Waals surface area contributed by atoms with Gasteiger partial charge in [-0.05, 0) is 31.9 Å². The number of rotatable bonds is 8. The topological polar surface area (TPSA) is 18.5 Å². The smallest absolute Gasteiger partial charge is 0.331 e. The van der Waals surface area contributed by atoms with E-state index in [4.69, 9.17) is 8.85 Å². The molecule has 0 aromatic rings. The molecule has 0 spiro atoms. The summed E-state index contributed by atoms with van der Waals surface area (Å²) in [7, 11) is -1.89. The van der Waals surface area contributed by atoms with Gasteiger partial charge in [-0.2, -0.15) is 0 Å². The minimum Gasteiger partial charge on any atom is -0.395 e. The maximum atomic E-state index is 6.11. The summed E-state index contributed by atoms with van der Waals surface area (Å²) in [5, 5.41) is 0. The predicted octanol–water partition coefficient (Wildman–Crippen LogP) is 3.96. The summed E-state index contributed by atoms with van der Waals surface area (Å²) >= 11 is 0. The standard InChI is InChI=1S/C12H28O2Si/c1-7-9-10-13-15(5,6)14-12(8-2)11(3)4/h11-12H,7-10H2,1-6H3. The summed E-state index contributed by atoms with van der Waals surface area (Å²) in [4.78, 5) is 0. The average molecular weight is 232 g/mol. The third-order valence-corrected chi connectivity index (χ3v) is 4.30. The van der Waals surface area contributed by atoms with Gasteiger partial charge in [0.1, 0.15) is 0 Å². The lowest BCUT2D eigenvalue weighted by Crippen LogP contribution is -2.40. The van der Waals surface area contributed by atoms with Gasteiger partial charge in [-0.1, -0.05) is 34.1 Å². The molecule has 0 aromatic carbocycles. The maximum absolute atomic E-state index is 6.11. The Bertz CT molecular complexity index is 158. The second-order valence-electron chi connectivity index (χ2n) is 4.91. The van der Waals surface area contributed by atoms with E-state index in [1.54, 1.807) is 0 Å². The van der Waals surface area contributed by atoms with Crippen molar-refractivity contribution >= 4 is 8.56 Å². The SMILES string of the molecule is CCCCO[Si](C)(C)OC(CC)C(C)C. The van der Waals surface area contributed by atoms with Crippen molar-refractivity contribution in [2.75, 3.05) is 6.61 Å². The molecule has 0 heterocycles. The lowest BCUT2D eigenvalue weighted by atomic mass is 10.1. The van der Waals surface area contributed by atoms with Gasteiger partial charge in [0, 0.05) is 12.7 Å². The van der Waals surface area contributed by atoms with Gasteiger partial charge in [0.2, 0.25) is 0 Å². The molecule has 0 aliphatic rings. The van der Waals surface area contributed by atoms with Gasteiger partial charge in [-0.25, -0.2) is 0 Å². The molecule has 3 heteroatoms. The average Bonchev–Trinajstić information content (AvgIpc) is 2.14. The Kier molecular flexibility index (Phi) is 7.48. The molecule has 0 saturated carbocycles. The molecular weight excluding hydrogens is 204 g/mol. The Morgan fingerprint density at radius 2 is 1.73 bits per heavy atom. The van der Waals surface area contributed by atoms with Crippen molar-refractivity contribution in [2.45, 2.75) is 66.2 Å². The summed E-state index contributed by atoms with van der Waals surface area (Å²) < 4.78 is 12.0. The number of unbranched alkanes of at least 4 members (excludes halogenated alkanes) is 1. The normalized spacial score (nSPS) is 14.6. The van der Waals surface area contributed by atoms with Crippen molar-refractivity contribution in [3.8, 4) is 0 Å². The molecule has 2 nitrogen and oxygen atoms in total. The molecule has 92 valence electrons. The Balaban J connectivity index is 3.98. The highest BCUT2D eigenvalue weighted by molar-refractivity contribution is 6.64. The van der Waals surface area contributed by atoms with Crippen LogP contribution in [0.15, 0.2) is 0 Å². The molecule has 0 bridgehead atoms. The van der Waals surface area contributed by atoms with Gasteiger partial charge in [0.05, 0.1) is 0 Å². The van der Waals surface area contributed by atoms with Crippen LogP contribution in [0, 0.1) is 5.92 Å². The van der Waals surface area contributed by atoms with E-state index in [2.05, 4.69) is 40.8 Å². The van der Waals surface area contributed by atoms with Crippen LogP contribution >= 0.6 is 0 Å². The summed E-state index contributed by atoms with van der Waals surface area (Å²) in [6.45, 7) is 13.9.